The summed E-state index contributed by atoms with van der Waals surface area (Å²) in [5.74, 6) is 0. The summed E-state index contributed by atoms with van der Waals surface area (Å²) in [6, 6.07) is 0. The van der Waals surface area contributed by atoms with Crippen LogP contribution in [0.1, 0.15) is 0 Å². The number of hydrogen-bond donors (Lipinski definition) is 0. The van der Waals surface area contributed by atoms with E-state index in [0.717, 1.165) is 0 Å². The van der Waals surface area contributed by atoms with Gasteiger partial charge < -0.3 is 0 Å². The Bertz CT molecular complexity index is 99.2. The zero-order chi connectivity index (χ0) is 9.89. The van der Waals surface area contributed by atoms with Crippen LogP contribution >= 0.6 is 170 Å². The molecule has 0 spiro atoms. The van der Waals surface area contributed by atoms with Crippen molar-refractivity contribution in [3.05, 3.63) is 0 Å². The Labute approximate surface area is 161 Å². The standard InChI is InChI=1S/I12/c1-8(2)10(5)12(7)11(6)9(3)4. The molecule has 0 N–H and O–H groups in total. The Hall–Kier alpha value is 8.76. The van der Waals surface area contributed by atoms with Crippen LogP contribution in [0.15, 0.2) is 0 Å². The summed E-state index contributed by atoms with van der Waals surface area (Å²) in [4.78, 5) is 0. The topological polar surface area (TPSA) is 0 Å². The first-order chi connectivity index (χ1) is 5.37. The van der Waals surface area contributed by atoms with Crippen LogP contribution in [0.4, 0.5) is 0 Å². The molecule has 0 nitrogen and oxygen atoms in total. The Kier molecular flexibility index (Phi) is 21.3. The van der Waals surface area contributed by atoms with Gasteiger partial charge in [0.15, 0.2) is 0 Å². The molecule has 0 rings (SSSR count). The molecular weight excluding hydrogens is 1520 g/mol. The van der Waals surface area contributed by atoms with E-state index in [1.807, 2.05) is 0 Å². The van der Waals surface area contributed by atoms with E-state index >= 15 is 0 Å². The summed E-state index contributed by atoms with van der Waals surface area (Å²) < 4.78 is 0. The van der Waals surface area contributed by atoms with E-state index < -0.39 is 0 Å². The van der Waals surface area contributed by atoms with E-state index in [9.17, 15) is 0 Å². The van der Waals surface area contributed by atoms with Crippen molar-refractivity contribution in [3.63, 3.8) is 0 Å². The number of hydrogen-bond acceptors (Lipinski definition) is 0. The van der Waals surface area contributed by atoms with Gasteiger partial charge in [0.1, 0.15) is 0 Å². The maximum atomic E-state index is 2.96. The van der Waals surface area contributed by atoms with Gasteiger partial charge in [-0.05, 0) is 0 Å². The molecule has 0 aliphatic carbocycles. The normalized spacial score (nSPS) is 16.8. The molecule has 0 fully saturated rings. The van der Waals surface area contributed by atoms with Crippen molar-refractivity contribution in [3.8, 4) is 0 Å². The zero-order valence-corrected chi connectivity index (χ0v) is 30.4. The second-order valence-electron chi connectivity index (χ2n) is 0.810. The van der Waals surface area contributed by atoms with Gasteiger partial charge in [0.25, 0.3) is 0 Å². The third-order valence-electron chi connectivity index (χ3n) is 0.327. The quantitative estimate of drug-likeness (QED) is 0.246. The molecule has 0 saturated heterocycles. The molecule has 0 atom stereocenters. The van der Waals surface area contributed by atoms with Gasteiger partial charge in [-0.15, -0.1) is 0 Å². The van der Waals surface area contributed by atoms with Gasteiger partial charge >= 0.3 is 170 Å². The summed E-state index contributed by atoms with van der Waals surface area (Å²) in [7, 11) is -1.71. The van der Waals surface area contributed by atoms with E-state index in [1.54, 1.807) is 0 Å². The average molecular weight is 1520 g/mol. The molecular formula is I12. The summed E-state index contributed by atoms with van der Waals surface area (Å²) in [6.07, 6.45) is 0. The van der Waals surface area contributed by atoms with E-state index in [0.29, 0.717) is 0 Å². The van der Waals surface area contributed by atoms with Gasteiger partial charge in [-0.3, -0.25) is 0 Å². The molecule has 12 heavy (non-hydrogen) atoms. The van der Waals surface area contributed by atoms with Gasteiger partial charge in [-0.1, -0.05) is 0 Å². The van der Waals surface area contributed by atoms with Gasteiger partial charge in [0.05, 0.1) is 0 Å². The molecule has 0 saturated carbocycles. The van der Waals surface area contributed by atoms with E-state index in [2.05, 4.69) is 130 Å². The van der Waals surface area contributed by atoms with Crippen LogP contribution in [0.3, 0.4) is 0 Å². The van der Waals surface area contributed by atoms with Crippen molar-refractivity contribution in [1.82, 2.24) is 0 Å². The van der Waals surface area contributed by atoms with Crippen LogP contribution in [-0.2, 0) is 0 Å². The molecule has 0 aromatic heterocycles. The molecule has 0 aliphatic heterocycles. The Morgan fingerprint density at radius 1 is 0.417 bits per heavy atom. The second kappa shape index (κ2) is 12.3. The fourth-order valence-electron chi connectivity index (χ4n) is 0.0926. The molecule has 0 radical (unpaired) electrons. The molecule has 0 aromatic carbocycles. The third-order valence-corrected chi connectivity index (χ3v) is 661. The summed E-state index contributed by atoms with van der Waals surface area (Å²) in [5, 5.41) is 0. The fraction of sp³-hybridized carbons (Fsp3) is 0. The predicted octanol–water partition coefficient (Wildman–Crippen LogP) is 10.6. The van der Waals surface area contributed by atoms with Crippen LogP contribution < -0.4 is 0 Å². The van der Waals surface area contributed by atoms with Crippen LogP contribution in [0, 0.1) is 0 Å². The monoisotopic (exact) mass is 1520 g/mol. The Morgan fingerprint density at radius 3 is 0.833 bits per heavy atom. The predicted molar refractivity (Wildman–Crippen MR) is 168 cm³/mol. The minimum absolute atomic E-state index is 0.314. The molecule has 0 bridgehead atoms. The molecule has 0 aliphatic rings. The van der Waals surface area contributed by atoms with Gasteiger partial charge in [0, 0.05) is 0 Å². The molecule has 0 amide bonds. The molecule has 0 aromatic rings. The van der Waals surface area contributed by atoms with Crippen LogP contribution in [-0.4, -0.2) is 0 Å². The zero-order valence-electron chi connectivity index (χ0n) is 4.54. The van der Waals surface area contributed by atoms with Crippen LogP contribution in [0.5, 0.6) is 0 Å². The summed E-state index contributed by atoms with van der Waals surface area (Å²) in [6.45, 7) is 0. The van der Waals surface area contributed by atoms with Gasteiger partial charge in [-0.2, -0.15) is 0 Å². The molecule has 0 unspecified atom stereocenters. The third kappa shape index (κ3) is 9.65. The maximum absolute atomic E-state index is 2.96. The van der Waals surface area contributed by atoms with Crippen LogP contribution in [0.2, 0.25) is 0 Å². The molecule has 12 heteroatoms. The first-order valence-electron chi connectivity index (χ1n) is 1.57. The van der Waals surface area contributed by atoms with Gasteiger partial charge in [-0.25, -0.2) is 0 Å². The van der Waals surface area contributed by atoms with Crippen molar-refractivity contribution in [2.24, 2.45) is 0 Å². The Balaban J connectivity index is 4.08. The van der Waals surface area contributed by atoms with Gasteiger partial charge in [0.2, 0.25) is 0 Å². The van der Waals surface area contributed by atoms with Crippen molar-refractivity contribution < 1.29 is 0 Å². The fourth-order valence-corrected chi connectivity index (χ4v) is 1260. The number of halogens is 12. The first kappa shape index (κ1) is 20.8. The van der Waals surface area contributed by atoms with Crippen LogP contribution in [0.25, 0.3) is 0 Å². The van der Waals surface area contributed by atoms with Crippen molar-refractivity contribution in [1.29, 1.82) is 0 Å². The average Bonchev–Trinajstić information content (AvgIpc) is 2.00. The SMILES string of the molecule is II(I)I(I)I(I)I(I)I(I)I. The van der Waals surface area contributed by atoms with E-state index in [-0.39, 0.29) is 39.5 Å². The summed E-state index contributed by atoms with van der Waals surface area (Å²) in [5.41, 5.74) is 0. The van der Waals surface area contributed by atoms with E-state index in [4.69, 9.17) is 0 Å². The number of rotatable bonds is 4. The first-order valence-corrected chi connectivity index (χ1v) is 70.7. The molecule has 0 heterocycles. The second-order valence-corrected chi connectivity index (χ2v) is 244. The van der Waals surface area contributed by atoms with Crippen molar-refractivity contribution in [2.45, 2.75) is 0 Å². The summed E-state index contributed by atoms with van der Waals surface area (Å²) >= 11 is 20.1. The van der Waals surface area contributed by atoms with Crippen molar-refractivity contribution >= 4 is 170 Å². The Morgan fingerprint density at radius 2 is 0.667 bits per heavy atom. The molecule has 84 valence electrons. The van der Waals surface area contributed by atoms with Crippen molar-refractivity contribution in [2.75, 3.05) is 0 Å². The van der Waals surface area contributed by atoms with E-state index in [1.165, 1.54) is 0 Å². The minimum atomic E-state index is -0.380.